The van der Waals surface area contributed by atoms with Crippen LogP contribution in [0.25, 0.3) is 11.4 Å². The minimum absolute atomic E-state index is 0.252. The number of hydrogen-bond acceptors (Lipinski definition) is 4. The van der Waals surface area contributed by atoms with Gasteiger partial charge in [-0.2, -0.15) is 0 Å². The van der Waals surface area contributed by atoms with Gasteiger partial charge < -0.3 is 5.11 Å². The standard InChI is InChI=1S/C16H14N4O2/c1-11-5-7-13(8-6-11)15-17-18-19-20(15)10-12-3-2-4-14(9-12)16(21)22/h2-9H,10H2,1H3,(H,21,22). The van der Waals surface area contributed by atoms with Crippen LogP contribution in [0.1, 0.15) is 21.5 Å². The molecule has 0 saturated carbocycles. The summed E-state index contributed by atoms with van der Waals surface area (Å²) in [6.45, 7) is 2.43. The average molecular weight is 294 g/mol. The molecule has 1 heterocycles. The van der Waals surface area contributed by atoms with Crippen LogP contribution >= 0.6 is 0 Å². The Morgan fingerprint density at radius 1 is 1.18 bits per heavy atom. The molecular weight excluding hydrogens is 280 g/mol. The summed E-state index contributed by atoms with van der Waals surface area (Å²) in [6, 6.07) is 14.7. The Kier molecular flexibility index (Phi) is 3.65. The second kappa shape index (κ2) is 5.77. The number of carbonyl (C=O) groups is 1. The largest absolute Gasteiger partial charge is 0.478 e. The van der Waals surface area contributed by atoms with E-state index in [2.05, 4.69) is 15.5 Å². The Morgan fingerprint density at radius 2 is 1.95 bits per heavy atom. The molecule has 0 unspecified atom stereocenters. The number of benzene rings is 2. The van der Waals surface area contributed by atoms with Crippen molar-refractivity contribution in [2.24, 2.45) is 0 Å². The third-order valence-corrected chi connectivity index (χ3v) is 3.35. The van der Waals surface area contributed by atoms with E-state index in [9.17, 15) is 4.79 Å². The number of nitrogens with zero attached hydrogens (tertiary/aromatic N) is 4. The van der Waals surface area contributed by atoms with Crippen molar-refractivity contribution in [3.63, 3.8) is 0 Å². The summed E-state index contributed by atoms with van der Waals surface area (Å²) in [5.74, 6) is -0.293. The Labute approximate surface area is 127 Å². The van der Waals surface area contributed by atoms with Gasteiger partial charge in [0.15, 0.2) is 5.82 Å². The van der Waals surface area contributed by atoms with Crippen LogP contribution in [0.4, 0.5) is 0 Å². The molecule has 0 aliphatic rings. The van der Waals surface area contributed by atoms with Gasteiger partial charge in [0, 0.05) is 5.56 Å². The zero-order chi connectivity index (χ0) is 15.5. The van der Waals surface area contributed by atoms with Gasteiger partial charge in [-0.15, -0.1) is 5.10 Å². The second-order valence-electron chi connectivity index (χ2n) is 5.03. The molecule has 0 saturated heterocycles. The maximum absolute atomic E-state index is 11.0. The number of rotatable bonds is 4. The fourth-order valence-electron chi connectivity index (χ4n) is 2.20. The van der Waals surface area contributed by atoms with Crippen molar-refractivity contribution in [3.05, 3.63) is 65.2 Å². The van der Waals surface area contributed by atoms with Crippen LogP contribution in [-0.2, 0) is 6.54 Å². The first-order valence-electron chi connectivity index (χ1n) is 6.79. The molecule has 0 aliphatic heterocycles. The van der Waals surface area contributed by atoms with E-state index in [4.69, 9.17) is 5.11 Å². The first kappa shape index (κ1) is 13.9. The van der Waals surface area contributed by atoms with Crippen molar-refractivity contribution in [1.82, 2.24) is 20.2 Å². The van der Waals surface area contributed by atoms with Gasteiger partial charge in [-0.25, -0.2) is 9.48 Å². The van der Waals surface area contributed by atoms with Gasteiger partial charge in [0.2, 0.25) is 0 Å². The van der Waals surface area contributed by atoms with Gasteiger partial charge in [-0.1, -0.05) is 42.0 Å². The van der Waals surface area contributed by atoms with Crippen LogP contribution < -0.4 is 0 Å². The molecule has 0 bridgehead atoms. The molecule has 6 heteroatoms. The van der Waals surface area contributed by atoms with Crippen molar-refractivity contribution >= 4 is 5.97 Å². The molecule has 6 nitrogen and oxygen atoms in total. The van der Waals surface area contributed by atoms with Crippen LogP contribution in [0.2, 0.25) is 0 Å². The zero-order valence-corrected chi connectivity index (χ0v) is 12.0. The number of carboxylic acid groups (broad SMARTS) is 1. The van der Waals surface area contributed by atoms with Gasteiger partial charge in [0.1, 0.15) is 0 Å². The van der Waals surface area contributed by atoms with Gasteiger partial charge >= 0.3 is 5.97 Å². The fourth-order valence-corrected chi connectivity index (χ4v) is 2.20. The molecule has 0 spiro atoms. The lowest BCUT2D eigenvalue weighted by Crippen LogP contribution is -2.06. The molecule has 0 fully saturated rings. The van der Waals surface area contributed by atoms with Crippen molar-refractivity contribution in [1.29, 1.82) is 0 Å². The first-order valence-corrected chi connectivity index (χ1v) is 6.79. The Balaban J connectivity index is 1.91. The van der Waals surface area contributed by atoms with E-state index in [1.165, 1.54) is 0 Å². The average Bonchev–Trinajstić information content (AvgIpc) is 2.96. The minimum Gasteiger partial charge on any atom is -0.478 e. The molecule has 0 radical (unpaired) electrons. The van der Waals surface area contributed by atoms with Crippen LogP contribution in [0, 0.1) is 6.92 Å². The first-order chi connectivity index (χ1) is 10.6. The number of aryl methyl sites for hydroxylation is 1. The molecule has 3 rings (SSSR count). The SMILES string of the molecule is Cc1ccc(-c2nnnn2Cc2cccc(C(=O)O)c2)cc1. The number of hydrogen-bond donors (Lipinski definition) is 1. The highest BCUT2D eigenvalue weighted by molar-refractivity contribution is 5.87. The summed E-state index contributed by atoms with van der Waals surface area (Å²) >= 11 is 0. The maximum Gasteiger partial charge on any atom is 0.335 e. The smallest absolute Gasteiger partial charge is 0.335 e. The van der Waals surface area contributed by atoms with E-state index in [0.717, 1.165) is 16.7 Å². The minimum atomic E-state index is -0.947. The van der Waals surface area contributed by atoms with Gasteiger partial charge in [0.25, 0.3) is 0 Å². The van der Waals surface area contributed by atoms with Crippen LogP contribution in [-0.4, -0.2) is 31.3 Å². The quantitative estimate of drug-likeness (QED) is 0.799. The highest BCUT2D eigenvalue weighted by Crippen LogP contribution is 2.17. The molecular formula is C16H14N4O2. The molecule has 0 amide bonds. The molecule has 0 aliphatic carbocycles. The topological polar surface area (TPSA) is 80.9 Å². The highest BCUT2D eigenvalue weighted by Gasteiger charge is 2.10. The molecule has 22 heavy (non-hydrogen) atoms. The number of tetrazole rings is 1. The molecule has 0 atom stereocenters. The maximum atomic E-state index is 11.0. The normalized spacial score (nSPS) is 10.6. The number of aromatic carboxylic acids is 1. The third-order valence-electron chi connectivity index (χ3n) is 3.35. The van der Waals surface area contributed by atoms with E-state index < -0.39 is 5.97 Å². The predicted octanol–water partition coefficient (Wildman–Crippen LogP) is 2.40. The van der Waals surface area contributed by atoms with Crippen LogP contribution in [0.15, 0.2) is 48.5 Å². The molecule has 3 aromatic rings. The molecule has 1 N–H and O–H groups in total. The van der Waals surface area contributed by atoms with Crippen LogP contribution in [0.5, 0.6) is 0 Å². The lowest BCUT2D eigenvalue weighted by Gasteiger charge is -2.06. The zero-order valence-electron chi connectivity index (χ0n) is 12.0. The van der Waals surface area contributed by atoms with Gasteiger partial charge in [-0.05, 0) is 35.0 Å². The van der Waals surface area contributed by atoms with E-state index in [0.29, 0.717) is 12.4 Å². The van der Waals surface area contributed by atoms with Crippen molar-refractivity contribution in [3.8, 4) is 11.4 Å². The summed E-state index contributed by atoms with van der Waals surface area (Å²) < 4.78 is 1.66. The second-order valence-corrected chi connectivity index (χ2v) is 5.03. The summed E-state index contributed by atoms with van der Waals surface area (Å²) in [7, 11) is 0. The molecule has 1 aromatic heterocycles. The van der Waals surface area contributed by atoms with Crippen molar-refractivity contribution in [2.75, 3.05) is 0 Å². The fraction of sp³-hybridized carbons (Fsp3) is 0.125. The van der Waals surface area contributed by atoms with Crippen molar-refractivity contribution < 1.29 is 9.90 Å². The summed E-state index contributed by atoms with van der Waals surface area (Å²) in [5.41, 5.74) is 3.17. The Hall–Kier alpha value is -3.02. The van der Waals surface area contributed by atoms with Crippen molar-refractivity contribution in [2.45, 2.75) is 13.5 Å². The Bertz CT molecular complexity index is 809. The lowest BCUT2D eigenvalue weighted by atomic mass is 10.1. The lowest BCUT2D eigenvalue weighted by molar-refractivity contribution is 0.0696. The highest BCUT2D eigenvalue weighted by atomic mass is 16.4. The van der Waals surface area contributed by atoms with E-state index in [1.807, 2.05) is 37.3 Å². The van der Waals surface area contributed by atoms with E-state index in [1.54, 1.807) is 22.9 Å². The summed E-state index contributed by atoms with van der Waals surface area (Å²) in [4.78, 5) is 11.0. The third kappa shape index (κ3) is 2.85. The van der Waals surface area contributed by atoms with Gasteiger partial charge in [0.05, 0.1) is 12.1 Å². The predicted molar refractivity (Wildman–Crippen MR) is 80.5 cm³/mol. The molecule has 2 aromatic carbocycles. The number of aromatic nitrogens is 4. The van der Waals surface area contributed by atoms with E-state index in [-0.39, 0.29) is 5.56 Å². The number of carboxylic acids is 1. The Morgan fingerprint density at radius 3 is 2.68 bits per heavy atom. The van der Waals surface area contributed by atoms with Gasteiger partial charge in [-0.3, -0.25) is 0 Å². The summed E-state index contributed by atoms with van der Waals surface area (Å²) in [5, 5.41) is 20.8. The summed E-state index contributed by atoms with van der Waals surface area (Å²) in [6.07, 6.45) is 0. The van der Waals surface area contributed by atoms with E-state index >= 15 is 0 Å². The van der Waals surface area contributed by atoms with Crippen LogP contribution in [0.3, 0.4) is 0 Å². The monoisotopic (exact) mass is 294 g/mol. The molecule has 110 valence electrons.